The second kappa shape index (κ2) is 7.23. The summed E-state index contributed by atoms with van der Waals surface area (Å²) in [4.78, 5) is 5.04. The monoisotopic (exact) mass is 367 g/mol. The zero-order valence-electron chi connectivity index (χ0n) is 16.7. The Hall–Kier alpha value is -1.36. The quantitative estimate of drug-likeness (QED) is 0.898. The van der Waals surface area contributed by atoms with E-state index in [4.69, 9.17) is 0 Å². The number of aliphatic hydroxyl groups is 1. The first-order valence-electron chi connectivity index (χ1n) is 11.0. The van der Waals surface area contributed by atoms with Crippen LogP contribution in [0.25, 0.3) is 10.9 Å². The van der Waals surface area contributed by atoms with Crippen molar-refractivity contribution in [2.75, 3.05) is 32.7 Å². The molecule has 1 N–H and O–H groups in total. The first-order chi connectivity index (χ1) is 13.2. The third-order valence-corrected chi connectivity index (χ3v) is 7.00. The lowest BCUT2D eigenvalue weighted by atomic mass is 9.89. The maximum Gasteiger partial charge on any atom is 0.0794 e. The summed E-state index contributed by atoms with van der Waals surface area (Å²) in [5, 5.41) is 12.3. The Kier molecular flexibility index (Phi) is 4.75. The molecule has 0 amide bonds. The van der Waals surface area contributed by atoms with Crippen LogP contribution in [0.3, 0.4) is 0 Å². The van der Waals surface area contributed by atoms with Gasteiger partial charge in [0.2, 0.25) is 0 Å². The van der Waals surface area contributed by atoms with Gasteiger partial charge in [0.05, 0.1) is 12.1 Å². The molecule has 2 aromatic rings. The summed E-state index contributed by atoms with van der Waals surface area (Å²) in [6, 6.07) is 7.45. The maximum absolute atomic E-state index is 10.8. The SMILES string of the molecule is Cc1ccc2c(c1)c1c3n2CCN(C[C@H](O)CN2CCCCC2)[C@H]3CCC1. The summed E-state index contributed by atoms with van der Waals surface area (Å²) in [5.41, 5.74) is 5.92. The average Bonchev–Trinajstić information content (AvgIpc) is 2.99. The molecule has 2 atom stereocenters. The van der Waals surface area contributed by atoms with E-state index in [9.17, 15) is 5.11 Å². The molecule has 146 valence electrons. The molecule has 0 spiro atoms. The van der Waals surface area contributed by atoms with E-state index in [1.807, 2.05) is 0 Å². The third-order valence-electron chi connectivity index (χ3n) is 7.00. The molecule has 4 nitrogen and oxygen atoms in total. The van der Waals surface area contributed by atoms with E-state index in [1.54, 1.807) is 11.3 Å². The predicted octanol–water partition coefficient (Wildman–Crippen LogP) is 3.49. The van der Waals surface area contributed by atoms with E-state index in [0.717, 1.165) is 39.3 Å². The summed E-state index contributed by atoms with van der Waals surface area (Å²) < 4.78 is 2.58. The first-order valence-corrected chi connectivity index (χ1v) is 11.0. The van der Waals surface area contributed by atoms with Gasteiger partial charge in [-0.15, -0.1) is 0 Å². The third kappa shape index (κ3) is 3.22. The van der Waals surface area contributed by atoms with Gasteiger partial charge in [-0.25, -0.2) is 0 Å². The van der Waals surface area contributed by atoms with Crippen molar-refractivity contribution in [2.24, 2.45) is 0 Å². The Morgan fingerprint density at radius 1 is 1.04 bits per heavy atom. The Balaban J connectivity index is 1.38. The van der Waals surface area contributed by atoms with Crippen LogP contribution in [0.2, 0.25) is 0 Å². The molecule has 0 radical (unpaired) electrons. The first kappa shape index (κ1) is 17.7. The second-order valence-corrected chi connectivity index (χ2v) is 8.95. The van der Waals surface area contributed by atoms with Crippen LogP contribution in [-0.4, -0.2) is 58.3 Å². The molecule has 2 aliphatic heterocycles. The molecule has 0 saturated carbocycles. The van der Waals surface area contributed by atoms with Crippen LogP contribution in [0.4, 0.5) is 0 Å². The minimum Gasteiger partial charge on any atom is -0.390 e. The normalized spacial score (nSPS) is 24.9. The number of rotatable bonds is 4. The molecule has 0 unspecified atom stereocenters. The van der Waals surface area contributed by atoms with Crippen molar-refractivity contribution in [3.8, 4) is 0 Å². The van der Waals surface area contributed by atoms with Gasteiger partial charge >= 0.3 is 0 Å². The van der Waals surface area contributed by atoms with Crippen molar-refractivity contribution in [3.05, 3.63) is 35.0 Å². The van der Waals surface area contributed by atoms with E-state index in [-0.39, 0.29) is 6.10 Å². The standard InChI is InChI=1S/C23H33N3O/c1-17-8-9-21-20(14-17)19-6-5-7-22-23(19)26(21)13-12-25(22)16-18(27)15-24-10-3-2-4-11-24/h8-9,14,18,22,27H,2-7,10-13,15-16H2,1H3/t18-,22+/m1/s1. The fourth-order valence-electron chi connectivity index (χ4n) is 5.78. The number of fused-ring (bicyclic) bond motifs is 3. The number of aryl methyl sites for hydroxylation is 2. The van der Waals surface area contributed by atoms with Gasteiger partial charge < -0.3 is 14.6 Å². The summed E-state index contributed by atoms with van der Waals surface area (Å²) >= 11 is 0. The van der Waals surface area contributed by atoms with Gasteiger partial charge in [-0.1, -0.05) is 18.1 Å². The molecule has 1 aliphatic carbocycles. The maximum atomic E-state index is 10.8. The number of aliphatic hydroxyl groups excluding tert-OH is 1. The summed E-state index contributed by atoms with van der Waals surface area (Å²) in [6.45, 7) is 8.32. The van der Waals surface area contributed by atoms with Crippen molar-refractivity contribution >= 4 is 10.9 Å². The van der Waals surface area contributed by atoms with Crippen LogP contribution in [0.15, 0.2) is 18.2 Å². The zero-order valence-corrected chi connectivity index (χ0v) is 16.7. The minimum atomic E-state index is -0.230. The molecule has 1 saturated heterocycles. The molecule has 3 heterocycles. The van der Waals surface area contributed by atoms with Gasteiger partial charge in [0.15, 0.2) is 0 Å². The van der Waals surface area contributed by atoms with Crippen molar-refractivity contribution in [3.63, 3.8) is 0 Å². The van der Waals surface area contributed by atoms with E-state index < -0.39 is 0 Å². The van der Waals surface area contributed by atoms with Crippen LogP contribution in [0.5, 0.6) is 0 Å². The molecule has 0 bridgehead atoms. The molecule has 27 heavy (non-hydrogen) atoms. The van der Waals surface area contributed by atoms with Gasteiger partial charge in [-0.05, 0) is 69.8 Å². The minimum absolute atomic E-state index is 0.230. The Bertz CT molecular complexity index is 821. The molecular weight excluding hydrogens is 334 g/mol. The van der Waals surface area contributed by atoms with Crippen molar-refractivity contribution in [1.82, 2.24) is 14.4 Å². The number of benzene rings is 1. The van der Waals surface area contributed by atoms with Gasteiger partial charge in [0.25, 0.3) is 0 Å². The Morgan fingerprint density at radius 3 is 2.74 bits per heavy atom. The fourth-order valence-corrected chi connectivity index (χ4v) is 5.78. The number of piperidine rings is 1. The number of nitrogens with zero attached hydrogens (tertiary/aromatic N) is 3. The van der Waals surface area contributed by atoms with Gasteiger partial charge in [0.1, 0.15) is 0 Å². The smallest absolute Gasteiger partial charge is 0.0794 e. The Morgan fingerprint density at radius 2 is 1.89 bits per heavy atom. The van der Waals surface area contributed by atoms with Crippen LogP contribution < -0.4 is 0 Å². The molecule has 1 fully saturated rings. The predicted molar refractivity (Wildman–Crippen MR) is 110 cm³/mol. The lowest BCUT2D eigenvalue weighted by molar-refractivity contribution is 0.0381. The van der Waals surface area contributed by atoms with Crippen LogP contribution in [0.1, 0.15) is 55.0 Å². The van der Waals surface area contributed by atoms with Crippen molar-refractivity contribution in [1.29, 1.82) is 0 Å². The number of aromatic nitrogens is 1. The van der Waals surface area contributed by atoms with Crippen molar-refractivity contribution in [2.45, 2.75) is 64.1 Å². The summed E-state index contributed by atoms with van der Waals surface area (Å²) in [6.07, 6.45) is 7.43. The highest BCUT2D eigenvalue weighted by molar-refractivity contribution is 5.87. The molecule has 1 aromatic heterocycles. The van der Waals surface area contributed by atoms with Gasteiger partial charge in [-0.2, -0.15) is 0 Å². The van der Waals surface area contributed by atoms with Gasteiger partial charge in [-0.3, -0.25) is 4.90 Å². The topological polar surface area (TPSA) is 31.6 Å². The average molecular weight is 368 g/mol. The fraction of sp³-hybridized carbons (Fsp3) is 0.652. The van der Waals surface area contributed by atoms with E-state index in [2.05, 4.69) is 39.5 Å². The number of likely N-dealkylation sites (tertiary alicyclic amines) is 1. The lowest BCUT2D eigenvalue weighted by Crippen LogP contribution is -2.46. The van der Waals surface area contributed by atoms with E-state index in [1.165, 1.54) is 55.0 Å². The van der Waals surface area contributed by atoms with E-state index >= 15 is 0 Å². The lowest BCUT2D eigenvalue weighted by Gasteiger charge is -2.41. The van der Waals surface area contributed by atoms with E-state index in [0.29, 0.717) is 6.04 Å². The highest BCUT2D eigenvalue weighted by Crippen LogP contribution is 2.42. The number of hydrogen-bond donors (Lipinski definition) is 1. The second-order valence-electron chi connectivity index (χ2n) is 8.95. The highest BCUT2D eigenvalue weighted by atomic mass is 16.3. The Labute approximate surface area is 162 Å². The molecule has 4 heteroatoms. The van der Waals surface area contributed by atoms with Gasteiger partial charge in [0, 0.05) is 42.8 Å². The highest BCUT2D eigenvalue weighted by Gasteiger charge is 2.35. The molecule has 5 rings (SSSR count). The molecule has 3 aliphatic rings. The largest absolute Gasteiger partial charge is 0.390 e. The summed E-state index contributed by atoms with van der Waals surface area (Å²) in [5.74, 6) is 0. The summed E-state index contributed by atoms with van der Waals surface area (Å²) in [7, 11) is 0. The van der Waals surface area contributed by atoms with Crippen LogP contribution >= 0.6 is 0 Å². The molecule has 1 aromatic carbocycles. The molecular formula is C23H33N3O. The van der Waals surface area contributed by atoms with Crippen LogP contribution in [0, 0.1) is 6.92 Å². The number of hydrogen-bond acceptors (Lipinski definition) is 3. The van der Waals surface area contributed by atoms with Crippen LogP contribution in [-0.2, 0) is 13.0 Å². The zero-order chi connectivity index (χ0) is 18.4. The van der Waals surface area contributed by atoms with Crippen molar-refractivity contribution < 1.29 is 5.11 Å². The number of β-amino-alcohol motifs (C(OH)–C–C–N with tert-alkyl or cyclic N) is 1.